The molecular formula is C22H23FN6O. The summed E-state index contributed by atoms with van der Waals surface area (Å²) in [5.41, 5.74) is 2.70. The molecule has 3 aliphatic rings. The van der Waals surface area contributed by atoms with E-state index in [0.29, 0.717) is 47.2 Å². The van der Waals surface area contributed by atoms with Gasteiger partial charge in [0.15, 0.2) is 0 Å². The highest BCUT2D eigenvalue weighted by Gasteiger charge is 2.43. The molecule has 0 saturated carbocycles. The number of anilines is 2. The maximum absolute atomic E-state index is 15.1. The molecule has 3 aliphatic heterocycles. The Balaban J connectivity index is 1.27. The second kappa shape index (κ2) is 6.77. The summed E-state index contributed by atoms with van der Waals surface area (Å²) in [4.78, 5) is 28.7. The predicted molar refractivity (Wildman–Crippen MR) is 113 cm³/mol. The molecule has 2 saturated heterocycles. The highest BCUT2D eigenvalue weighted by atomic mass is 19.1. The van der Waals surface area contributed by atoms with E-state index in [9.17, 15) is 4.79 Å². The van der Waals surface area contributed by atoms with Crippen molar-refractivity contribution in [2.24, 2.45) is 0 Å². The number of H-pyrrole nitrogens is 1. The summed E-state index contributed by atoms with van der Waals surface area (Å²) in [6, 6.07) is 4.39. The maximum atomic E-state index is 15.1. The number of pyridine rings is 1. The Morgan fingerprint density at radius 1 is 1.20 bits per heavy atom. The summed E-state index contributed by atoms with van der Waals surface area (Å²) in [6.45, 7) is 3.28. The molecule has 2 fully saturated rings. The summed E-state index contributed by atoms with van der Waals surface area (Å²) >= 11 is 0. The molecule has 30 heavy (non-hydrogen) atoms. The second-order valence-electron chi connectivity index (χ2n) is 8.53. The van der Waals surface area contributed by atoms with Crippen molar-refractivity contribution in [1.82, 2.24) is 19.9 Å². The van der Waals surface area contributed by atoms with Crippen molar-refractivity contribution in [2.75, 3.05) is 29.9 Å². The molecule has 1 aromatic carbocycles. The third kappa shape index (κ3) is 2.78. The van der Waals surface area contributed by atoms with E-state index in [-0.39, 0.29) is 11.4 Å². The van der Waals surface area contributed by atoms with Gasteiger partial charge in [0, 0.05) is 56.2 Å². The Kier molecular flexibility index (Phi) is 4.02. The topological polar surface area (TPSA) is 77.2 Å². The van der Waals surface area contributed by atoms with Crippen LogP contribution in [0.15, 0.2) is 35.5 Å². The molecule has 2 N–H and O–H groups in total. The van der Waals surface area contributed by atoms with Crippen LogP contribution in [0.25, 0.3) is 10.9 Å². The average molecular weight is 406 g/mol. The zero-order valence-electron chi connectivity index (χ0n) is 16.6. The number of hydrogen-bond acceptors (Lipinski definition) is 6. The Morgan fingerprint density at radius 3 is 2.93 bits per heavy atom. The number of piperazine rings is 1. The number of halogens is 1. The van der Waals surface area contributed by atoms with E-state index in [1.165, 1.54) is 0 Å². The summed E-state index contributed by atoms with van der Waals surface area (Å²) in [5.74, 6) is 0.659. The van der Waals surface area contributed by atoms with Crippen molar-refractivity contribution in [2.45, 2.75) is 37.9 Å². The lowest BCUT2D eigenvalue weighted by Gasteiger charge is -2.34. The minimum Gasteiger partial charge on any atom is -0.384 e. The average Bonchev–Trinajstić information content (AvgIpc) is 3.35. The van der Waals surface area contributed by atoms with Gasteiger partial charge in [-0.2, -0.15) is 0 Å². The van der Waals surface area contributed by atoms with Gasteiger partial charge in [-0.05, 0) is 37.0 Å². The van der Waals surface area contributed by atoms with Gasteiger partial charge in [-0.1, -0.05) is 0 Å². The Morgan fingerprint density at radius 2 is 2.13 bits per heavy atom. The van der Waals surface area contributed by atoms with Gasteiger partial charge in [0.25, 0.3) is 5.56 Å². The van der Waals surface area contributed by atoms with Crippen LogP contribution < -0.4 is 15.8 Å². The van der Waals surface area contributed by atoms with Crippen molar-refractivity contribution < 1.29 is 4.39 Å². The number of rotatable bonds is 3. The van der Waals surface area contributed by atoms with Crippen LogP contribution in [-0.2, 0) is 13.0 Å². The zero-order chi connectivity index (χ0) is 20.2. The normalized spacial score (nSPS) is 23.0. The number of aromatic amines is 1. The summed E-state index contributed by atoms with van der Waals surface area (Å²) in [6.07, 6.45) is 7.90. The van der Waals surface area contributed by atoms with Crippen LogP contribution in [0.3, 0.4) is 0 Å². The Labute approximate surface area is 172 Å². The number of nitrogens with zero attached hydrogens (tertiary/aromatic N) is 4. The van der Waals surface area contributed by atoms with Crippen molar-refractivity contribution in [3.63, 3.8) is 0 Å². The molecule has 3 aromatic rings. The van der Waals surface area contributed by atoms with Crippen LogP contribution in [0.2, 0.25) is 0 Å². The van der Waals surface area contributed by atoms with E-state index in [2.05, 4.69) is 30.1 Å². The maximum Gasteiger partial charge on any atom is 0.253 e. The van der Waals surface area contributed by atoms with Gasteiger partial charge >= 0.3 is 0 Å². The van der Waals surface area contributed by atoms with E-state index < -0.39 is 0 Å². The van der Waals surface area contributed by atoms with Gasteiger partial charge in [-0.15, -0.1) is 0 Å². The zero-order valence-corrected chi connectivity index (χ0v) is 16.6. The third-order valence-electron chi connectivity index (χ3n) is 6.71. The van der Waals surface area contributed by atoms with Crippen molar-refractivity contribution in [1.29, 1.82) is 0 Å². The number of nitrogens with one attached hydrogen (secondary N) is 2. The fraction of sp³-hybridized carbons (Fsp3) is 0.409. The fourth-order valence-corrected chi connectivity index (χ4v) is 5.38. The quantitative estimate of drug-likeness (QED) is 0.695. The smallest absolute Gasteiger partial charge is 0.253 e. The molecule has 154 valence electrons. The van der Waals surface area contributed by atoms with Crippen LogP contribution in [0, 0.1) is 5.82 Å². The summed E-state index contributed by atoms with van der Waals surface area (Å²) in [7, 11) is 0. The second-order valence-corrected chi connectivity index (χ2v) is 8.53. The lowest BCUT2D eigenvalue weighted by atomic mass is 10.00. The van der Waals surface area contributed by atoms with Crippen LogP contribution in [0.5, 0.6) is 0 Å². The minimum absolute atomic E-state index is 0.110. The summed E-state index contributed by atoms with van der Waals surface area (Å²) < 4.78 is 15.1. The van der Waals surface area contributed by atoms with E-state index in [1.54, 1.807) is 18.5 Å². The fourth-order valence-electron chi connectivity index (χ4n) is 5.38. The van der Waals surface area contributed by atoms with Gasteiger partial charge in [0.1, 0.15) is 11.6 Å². The lowest BCUT2D eigenvalue weighted by Crippen LogP contribution is -2.46. The highest BCUT2D eigenvalue weighted by Crippen LogP contribution is 2.35. The van der Waals surface area contributed by atoms with Crippen molar-refractivity contribution in [3.05, 3.63) is 58.0 Å². The number of benzene rings is 1. The molecule has 5 heterocycles. The van der Waals surface area contributed by atoms with E-state index in [4.69, 9.17) is 0 Å². The first-order valence-corrected chi connectivity index (χ1v) is 10.6. The SMILES string of the molecule is O=c1[nH]c2cc(CN3C[C@@H]4CC3CN4c3cnccn3)cc(F)c2c2c1CCCN2. The van der Waals surface area contributed by atoms with Crippen molar-refractivity contribution in [3.8, 4) is 0 Å². The monoisotopic (exact) mass is 406 g/mol. The molecule has 6 rings (SSSR count). The van der Waals surface area contributed by atoms with Gasteiger partial charge in [0.2, 0.25) is 0 Å². The van der Waals surface area contributed by atoms with Gasteiger partial charge < -0.3 is 15.2 Å². The van der Waals surface area contributed by atoms with Crippen molar-refractivity contribution >= 4 is 22.4 Å². The summed E-state index contributed by atoms with van der Waals surface area (Å²) in [5, 5.41) is 3.74. The standard InChI is InChI=1S/C22H23FN6O/c23-17-6-13(7-18-20(17)21-16(22(30)27-18)2-1-3-26-21)10-28-11-15-8-14(28)12-29(15)19-9-24-4-5-25-19/h4-7,9,14-15,26H,1-3,8,10-12H2,(H,27,30)/t14?,15-/m0/s1. The molecule has 0 amide bonds. The molecule has 7 nitrogen and oxygen atoms in total. The molecule has 0 radical (unpaired) electrons. The van der Waals surface area contributed by atoms with E-state index >= 15 is 4.39 Å². The first-order valence-electron chi connectivity index (χ1n) is 10.6. The largest absolute Gasteiger partial charge is 0.384 e. The van der Waals surface area contributed by atoms with Crippen LogP contribution in [-0.4, -0.2) is 51.6 Å². The first-order chi connectivity index (χ1) is 14.7. The van der Waals surface area contributed by atoms with Crippen LogP contribution >= 0.6 is 0 Å². The van der Waals surface area contributed by atoms with E-state index in [0.717, 1.165) is 43.9 Å². The molecule has 8 heteroatoms. The minimum atomic E-state index is -0.269. The number of fused-ring (bicyclic) bond motifs is 5. The lowest BCUT2D eigenvalue weighted by molar-refractivity contribution is 0.230. The van der Waals surface area contributed by atoms with E-state index in [1.807, 2.05) is 12.3 Å². The first kappa shape index (κ1) is 17.8. The molecule has 1 unspecified atom stereocenters. The van der Waals surface area contributed by atoms with Crippen LogP contribution in [0.1, 0.15) is 24.0 Å². The molecule has 2 aromatic heterocycles. The van der Waals surface area contributed by atoms with Gasteiger partial charge in [-0.3, -0.25) is 14.7 Å². The number of hydrogen-bond donors (Lipinski definition) is 2. The molecular weight excluding hydrogens is 383 g/mol. The predicted octanol–water partition coefficient (Wildman–Crippen LogP) is 2.28. The third-order valence-corrected chi connectivity index (χ3v) is 6.71. The highest BCUT2D eigenvalue weighted by molar-refractivity contribution is 5.94. The molecule has 0 aliphatic carbocycles. The number of likely N-dealkylation sites (tertiary alicyclic amines) is 1. The Hall–Kier alpha value is -3.00. The van der Waals surface area contributed by atoms with Crippen LogP contribution in [0.4, 0.5) is 15.9 Å². The molecule has 0 spiro atoms. The molecule has 2 atom stereocenters. The molecule has 2 bridgehead atoms. The number of aromatic nitrogens is 3. The van der Waals surface area contributed by atoms with Gasteiger partial charge in [-0.25, -0.2) is 9.37 Å². The van der Waals surface area contributed by atoms with Gasteiger partial charge in [0.05, 0.1) is 22.8 Å². The Bertz CT molecular complexity index is 1180.